The second kappa shape index (κ2) is 5.79. The van der Waals surface area contributed by atoms with Gasteiger partial charge in [0.2, 0.25) is 0 Å². The lowest BCUT2D eigenvalue weighted by atomic mass is 10.0. The lowest BCUT2D eigenvalue weighted by molar-refractivity contribution is 0.0695. The molecule has 0 saturated heterocycles. The van der Waals surface area contributed by atoms with Gasteiger partial charge < -0.3 is 10.4 Å². The third-order valence-electron chi connectivity index (χ3n) is 3.47. The van der Waals surface area contributed by atoms with Gasteiger partial charge in [-0.2, -0.15) is 0 Å². The van der Waals surface area contributed by atoms with E-state index in [0.717, 1.165) is 11.1 Å². The Hall–Kier alpha value is -2.62. The summed E-state index contributed by atoms with van der Waals surface area (Å²) in [4.78, 5) is 23.4. The van der Waals surface area contributed by atoms with Crippen molar-refractivity contribution in [3.05, 3.63) is 64.2 Å². The molecule has 0 radical (unpaired) electrons. The summed E-state index contributed by atoms with van der Waals surface area (Å²) in [5, 5.41) is 11.9. The lowest BCUT2D eigenvalue weighted by Crippen LogP contribution is -2.13. The first-order valence-electron chi connectivity index (χ1n) is 6.61. The number of amides is 1. The van der Waals surface area contributed by atoms with Gasteiger partial charge in [-0.15, -0.1) is 0 Å². The number of benzene rings is 2. The molecule has 4 heteroatoms. The number of anilines is 1. The molecule has 0 saturated carbocycles. The van der Waals surface area contributed by atoms with Crippen LogP contribution in [-0.4, -0.2) is 17.0 Å². The quantitative estimate of drug-likeness (QED) is 0.905. The maximum absolute atomic E-state index is 12.1. The van der Waals surface area contributed by atoms with Crippen LogP contribution in [0.2, 0.25) is 0 Å². The molecule has 0 fully saturated rings. The summed E-state index contributed by atoms with van der Waals surface area (Å²) in [5.41, 5.74) is 3.84. The molecule has 0 aromatic heterocycles. The van der Waals surface area contributed by atoms with Gasteiger partial charge in [0.1, 0.15) is 0 Å². The summed E-state index contributed by atoms with van der Waals surface area (Å²) in [6.07, 6.45) is 0. The number of aryl methyl sites for hydroxylation is 2. The van der Waals surface area contributed by atoms with Crippen molar-refractivity contribution in [2.45, 2.75) is 20.8 Å². The van der Waals surface area contributed by atoms with E-state index in [1.54, 1.807) is 25.1 Å². The summed E-state index contributed by atoms with van der Waals surface area (Å²) in [7, 11) is 0. The zero-order valence-corrected chi connectivity index (χ0v) is 12.2. The van der Waals surface area contributed by atoms with Gasteiger partial charge in [-0.3, -0.25) is 4.79 Å². The molecule has 2 rings (SSSR count). The van der Waals surface area contributed by atoms with Crippen molar-refractivity contribution < 1.29 is 14.7 Å². The van der Waals surface area contributed by atoms with Crippen molar-refractivity contribution in [3.8, 4) is 0 Å². The number of hydrogen-bond acceptors (Lipinski definition) is 2. The SMILES string of the molecule is Cc1ccc(C(=O)Nc2cc(C)c(C)c(C(=O)O)c2)cc1. The first kappa shape index (κ1) is 14.8. The van der Waals surface area contributed by atoms with E-state index in [9.17, 15) is 14.7 Å². The van der Waals surface area contributed by atoms with Gasteiger partial charge in [0.25, 0.3) is 5.91 Å². The fraction of sp³-hybridized carbons (Fsp3) is 0.176. The first-order valence-corrected chi connectivity index (χ1v) is 6.61. The van der Waals surface area contributed by atoms with Crippen molar-refractivity contribution >= 4 is 17.6 Å². The van der Waals surface area contributed by atoms with Crippen molar-refractivity contribution in [1.82, 2.24) is 0 Å². The fourth-order valence-electron chi connectivity index (χ4n) is 2.06. The summed E-state index contributed by atoms with van der Waals surface area (Å²) in [6.45, 7) is 5.53. The van der Waals surface area contributed by atoms with Crippen LogP contribution in [-0.2, 0) is 0 Å². The number of nitrogens with one attached hydrogen (secondary N) is 1. The average Bonchev–Trinajstić information content (AvgIpc) is 2.43. The molecule has 0 aliphatic heterocycles. The summed E-state index contributed by atoms with van der Waals surface area (Å²) >= 11 is 0. The molecule has 108 valence electrons. The number of rotatable bonds is 3. The number of carboxylic acids is 1. The Balaban J connectivity index is 2.29. The average molecular weight is 283 g/mol. The number of carbonyl (C=O) groups excluding carboxylic acids is 1. The zero-order chi connectivity index (χ0) is 15.6. The minimum atomic E-state index is -0.998. The molecule has 1 amide bonds. The third kappa shape index (κ3) is 3.28. The second-order valence-electron chi connectivity index (χ2n) is 5.09. The van der Waals surface area contributed by atoms with Crippen LogP contribution in [0, 0.1) is 20.8 Å². The van der Waals surface area contributed by atoms with E-state index < -0.39 is 5.97 Å². The second-order valence-corrected chi connectivity index (χ2v) is 5.09. The maximum atomic E-state index is 12.1. The molecule has 2 aromatic rings. The van der Waals surface area contributed by atoms with Crippen LogP contribution in [0.1, 0.15) is 37.4 Å². The molecule has 0 heterocycles. The third-order valence-corrected chi connectivity index (χ3v) is 3.47. The van der Waals surface area contributed by atoms with E-state index in [2.05, 4.69) is 5.32 Å². The number of carboxylic acid groups (broad SMARTS) is 1. The monoisotopic (exact) mass is 283 g/mol. The summed E-state index contributed by atoms with van der Waals surface area (Å²) in [6, 6.07) is 10.5. The van der Waals surface area contributed by atoms with Gasteiger partial charge in [0, 0.05) is 11.3 Å². The van der Waals surface area contributed by atoms with Gasteiger partial charge in [-0.05, 0) is 56.2 Å². The number of carbonyl (C=O) groups is 2. The van der Waals surface area contributed by atoms with Gasteiger partial charge in [-0.1, -0.05) is 17.7 Å². The fourth-order valence-corrected chi connectivity index (χ4v) is 2.06. The lowest BCUT2D eigenvalue weighted by Gasteiger charge is -2.11. The largest absolute Gasteiger partial charge is 0.478 e. The Morgan fingerprint density at radius 2 is 1.62 bits per heavy atom. The van der Waals surface area contributed by atoms with Crippen LogP contribution < -0.4 is 5.32 Å². The number of hydrogen-bond donors (Lipinski definition) is 2. The maximum Gasteiger partial charge on any atom is 0.336 e. The van der Waals surface area contributed by atoms with Gasteiger partial charge in [0.05, 0.1) is 5.56 Å². The normalized spacial score (nSPS) is 10.2. The molecular weight excluding hydrogens is 266 g/mol. The van der Waals surface area contributed by atoms with Gasteiger partial charge >= 0.3 is 5.97 Å². The van der Waals surface area contributed by atoms with Crippen LogP contribution in [0.4, 0.5) is 5.69 Å². The highest BCUT2D eigenvalue weighted by Gasteiger charge is 2.13. The van der Waals surface area contributed by atoms with Crippen LogP contribution in [0.25, 0.3) is 0 Å². The number of aromatic carboxylic acids is 1. The Morgan fingerprint density at radius 1 is 1.00 bits per heavy atom. The molecule has 0 aliphatic rings. The minimum absolute atomic E-state index is 0.203. The predicted molar refractivity (Wildman–Crippen MR) is 82.0 cm³/mol. The Kier molecular flexibility index (Phi) is 4.08. The van der Waals surface area contributed by atoms with Crippen molar-refractivity contribution in [1.29, 1.82) is 0 Å². The van der Waals surface area contributed by atoms with E-state index in [1.807, 2.05) is 26.0 Å². The van der Waals surface area contributed by atoms with Gasteiger partial charge in [0.15, 0.2) is 0 Å². The molecule has 0 unspecified atom stereocenters. The van der Waals surface area contributed by atoms with Crippen molar-refractivity contribution in [2.75, 3.05) is 5.32 Å². The molecule has 0 atom stereocenters. The molecule has 4 nitrogen and oxygen atoms in total. The highest BCUT2D eigenvalue weighted by atomic mass is 16.4. The summed E-state index contributed by atoms with van der Waals surface area (Å²) < 4.78 is 0. The van der Waals surface area contributed by atoms with Crippen molar-refractivity contribution in [3.63, 3.8) is 0 Å². The smallest absolute Gasteiger partial charge is 0.336 e. The van der Waals surface area contributed by atoms with E-state index >= 15 is 0 Å². The van der Waals surface area contributed by atoms with E-state index in [-0.39, 0.29) is 11.5 Å². The van der Waals surface area contributed by atoms with Crippen LogP contribution in [0.5, 0.6) is 0 Å². The van der Waals surface area contributed by atoms with Crippen molar-refractivity contribution in [2.24, 2.45) is 0 Å². The molecule has 21 heavy (non-hydrogen) atoms. The van der Waals surface area contributed by atoms with Gasteiger partial charge in [-0.25, -0.2) is 4.79 Å². The zero-order valence-electron chi connectivity index (χ0n) is 12.2. The van der Waals surface area contributed by atoms with Crippen LogP contribution >= 0.6 is 0 Å². The molecule has 0 aliphatic carbocycles. The molecule has 2 aromatic carbocycles. The molecule has 0 spiro atoms. The van der Waals surface area contributed by atoms with Crippen LogP contribution in [0.15, 0.2) is 36.4 Å². The minimum Gasteiger partial charge on any atom is -0.478 e. The van der Waals surface area contributed by atoms with E-state index in [1.165, 1.54) is 6.07 Å². The summed E-state index contributed by atoms with van der Waals surface area (Å²) in [5.74, 6) is -1.25. The predicted octanol–water partition coefficient (Wildman–Crippen LogP) is 3.56. The van der Waals surface area contributed by atoms with E-state index in [0.29, 0.717) is 16.8 Å². The highest BCUT2D eigenvalue weighted by Crippen LogP contribution is 2.20. The van der Waals surface area contributed by atoms with Crippen LogP contribution in [0.3, 0.4) is 0 Å². The topological polar surface area (TPSA) is 66.4 Å². The Bertz CT molecular complexity index is 703. The van der Waals surface area contributed by atoms with E-state index in [4.69, 9.17) is 0 Å². The molecule has 2 N–H and O–H groups in total. The standard InChI is InChI=1S/C17H17NO3/c1-10-4-6-13(7-5-10)16(19)18-14-8-11(2)12(3)15(9-14)17(20)21/h4-9H,1-3H3,(H,18,19)(H,20,21). The Labute approximate surface area is 123 Å². The first-order chi connectivity index (χ1) is 9.88. The molecule has 0 bridgehead atoms. The highest BCUT2D eigenvalue weighted by molar-refractivity contribution is 6.05. The Morgan fingerprint density at radius 3 is 2.19 bits per heavy atom. The molecular formula is C17H17NO3.